The largest absolute Gasteiger partial charge is 0.507 e. The van der Waals surface area contributed by atoms with E-state index in [9.17, 15) is 10.2 Å². The van der Waals surface area contributed by atoms with Gasteiger partial charge in [0.25, 0.3) is 0 Å². The Morgan fingerprint density at radius 2 is 1.92 bits per heavy atom. The van der Waals surface area contributed by atoms with Gasteiger partial charge in [0, 0.05) is 14.9 Å². The number of fused-ring (bicyclic) bond motifs is 1. The van der Waals surface area contributed by atoms with Gasteiger partial charge in [-0.2, -0.15) is 0 Å². The van der Waals surface area contributed by atoms with Crippen LogP contribution < -0.4 is 0 Å². The molecular weight excluding hydrogens is 164 g/mol. The van der Waals surface area contributed by atoms with Gasteiger partial charge in [-0.05, 0) is 18.5 Å². The fourth-order valence-corrected chi connectivity index (χ4v) is 1.03. The smallest absolute Gasteiger partial charge is 0.126 e. The van der Waals surface area contributed by atoms with Crippen molar-refractivity contribution in [1.82, 2.24) is 0 Å². The molecule has 0 spiro atoms. The quantitative estimate of drug-likeness (QED) is 0.615. The summed E-state index contributed by atoms with van der Waals surface area (Å²) in [7, 11) is 0. The topological polar surface area (TPSA) is 40.5 Å². The summed E-state index contributed by atoms with van der Waals surface area (Å²) in [4.78, 5) is 0. The highest BCUT2D eigenvalue weighted by molar-refractivity contribution is 5.93. The van der Waals surface area contributed by atoms with Gasteiger partial charge in [-0.25, -0.2) is 0 Å². The number of hydrogen-bond acceptors (Lipinski definition) is 2. The lowest BCUT2D eigenvalue weighted by molar-refractivity contribution is 0.466. The van der Waals surface area contributed by atoms with Crippen molar-refractivity contribution < 1.29 is 21.2 Å². The van der Waals surface area contributed by atoms with E-state index >= 15 is 0 Å². The van der Waals surface area contributed by atoms with Crippen molar-refractivity contribution in [3.8, 4) is 11.5 Å². The zero-order valence-electron chi connectivity index (χ0n) is 14.4. The Hall–Kier alpha value is -1.70. The van der Waals surface area contributed by atoms with Crippen LogP contribution in [0.1, 0.15) is 16.5 Å². The van der Waals surface area contributed by atoms with Crippen LogP contribution in [-0.2, 0) is 0 Å². The molecule has 0 saturated heterocycles. The number of rotatable bonds is 0. The molecule has 2 aromatic carbocycles. The van der Waals surface area contributed by atoms with Crippen molar-refractivity contribution in [2.45, 2.75) is 6.85 Å². The fourth-order valence-electron chi connectivity index (χ4n) is 1.03. The van der Waals surface area contributed by atoms with E-state index in [4.69, 9.17) is 11.0 Å². The second-order valence-electron chi connectivity index (χ2n) is 2.45. The van der Waals surface area contributed by atoms with E-state index in [-0.39, 0.29) is 0 Å². The van der Waals surface area contributed by atoms with E-state index in [2.05, 4.69) is 0 Å². The summed E-state index contributed by atoms with van der Waals surface area (Å²) in [5, 5.41) is 19.0. The zero-order valence-corrected chi connectivity index (χ0v) is 6.39. The summed E-state index contributed by atoms with van der Waals surface area (Å²) in [5.74, 6) is -1.85. The summed E-state index contributed by atoms with van der Waals surface area (Å²) < 4.78 is 60.0. The Balaban J connectivity index is 3.19. The third-order valence-electron chi connectivity index (χ3n) is 1.64. The lowest BCUT2D eigenvalue weighted by Gasteiger charge is -2.05. The Morgan fingerprint density at radius 3 is 2.62 bits per heavy atom. The normalized spacial score (nSPS) is 20.3. The predicted molar refractivity (Wildman–Crippen MR) is 52.0 cm³/mol. The van der Waals surface area contributed by atoms with Crippen LogP contribution in [0, 0.1) is 6.85 Å². The molecule has 0 aliphatic heterocycles. The first-order valence-corrected chi connectivity index (χ1v) is 3.45. The summed E-state index contributed by atoms with van der Waals surface area (Å²) >= 11 is 0. The summed E-state index contributed by atoms with van der Waals surface area (Å²) in [6.45, 7) is -2.91. The van der Waals surface area contributed by atoms with Crippen molar-refractivity contribution in [3.05, 3.63) is 35.8 Å². The molecule has 0 aliphatic carbocycles. The van der Waals surface area contributed by atoms with Crippen molar-refractivity contribution >= 4 is 10.8 Å². The Morgan fingerprint density at radius 1 is 1.23 bits per heavy atom. The van der Waals surface area contributed by atoms with Gasteiger partial charge in [-0.15, -0.1) is 0 Å². The van der Waals surface area contributed by atoms with E-state index in [0.717, 1.165) is 0 Å². The molecule has 2 nitrogen and oxygen atoms in total. The van der Waals surface area contributed by atoms with Gasteiger partial charge in [-0.3, -0.25) is 0 Å². The van der Waals surface area contributed by atoms with E-state index in [1.807, 2.05) is 0 Å². The number of hydrogen-bond donors (Lipinski definition) is 2. The molecule has 0 atom stereocenters. The summed E-state index contributed by atoms with van der Waals surface area (Å²) in [6, 6.07) is -3.53. The molecular formula is C11H10O2. The van der Waals surface area contributed by atoms with Crippen molar-refractivity contribution in [3.63, 3.8) is 0 Å². The second kappa shape index (κ2) is 2.66. The van der Waals surface area contributed by atoms with Gasteiger partial charge in [0.05, 0.1) is 6.85 Å². The lowest BCUT2D eigenvalue weighted by atomic mass is 10.1. The van der Waals surface area contributed by atoms with Crippen LogP contribution in [0.25, 0.3) is 10.8 Å². The first-order valence-electron chi connectivity index (χ1n) is 7.45. The molecule has 2 rings (SSSR count). The molecule has 0 unspecified atom stereocenters. The number of benzene rings is 2. The van der Waals surface area contributed by atoms with E-state index < -0.39 is 64.9 Å². The molecule has 0 aromatic heterocycles. The van der Waals surface area contributed by atoms with E-state index in [0.29, 0.717) is 0 Å². The highest BCUT2D eigenvalue weighted by Crippen LogP contribution is 2.34. The second-order valence-corrected chi connectivity index (χ2v) is 2.45. The molecule has 0 radical (unpaired) electrons. The first kappa shape index (κ1) is 2.91. The predicted octanol–water partition coefficient (Wildman–Crippen LogP) is 2.56. The summed E-state index contributed by atoms with van der Waals surface area (Å²) in [5.41, 5.74) is -0.850. The molecule has 2 N–H and O–H groups in total. The maximum Gasteiger partial charge on any atom is 0.126 e. The molecule has 0 bridgehead atoms. The fraction of sp³-hybridized carbons (Fsp3) is 0.0909. The highest BCUT2D eigenvalue weighted by Gasteiger charge is 2.06. The van der Waals surface area contributed by atoms with E-state index in [1.54, 1.807) is 0 Å². The summed E-state index contributed by atoms with van der Waals surface area (Å²) in [6.07, 6.45) is 0. The molecule has 13 heavy (non-hydrogen) atoms. The molecule has 2 heteroatoms. The third-order valence-corrected chi connectivity index (χ3v) is 1.64. The molecule has 0 heterocycles. The molecule has 0 fully saturated rings. The SMILES string of the molecule is [2H]c1c([2H])c([2H])c2c(O)c(C([2H])([2H])[2H])c([2H])c(O)c2c1[2H]. The number of phenolic OH excluding ortho intramolecular Hbond substituents is 2. The zero-order chi connectivity index (χ0) is 16.3. The number of phenols is 2. The minimum atomic E-state index is -2.91. The Bertz CT molecular complexity index is 766. The van der Waals surface area contributed by atoms with Crippen molar-refractivity contribution in [2.75, 3.05) is 0 Å². The van der Waals surface area contributed by atoms with Crippen molar-refractivity contribution in [2.24, 2.45) is 0 Å². The molecule has 0 amide bonds. The molecule has 2 aromatic rings. The van der Waals surface area contributed by atoms with Gasteiger partial charge in [0.15, 0.2) is 0 Å². The molecule has 0 saturated carbocycles. The average Bonchev–Trinajstić information content (AvgIpc) is 2.36. The lowest BCUT2D eigenvalue weighted by Crippen LogP contribution is -1.79. The number of aromatic hydroxyl groups is 2. The van der Waals surface area contributed by atoms with Crippen LogP contribution >= 0.6 is 0 Å². The maximum absolute atomic E-state index is 10.1. The Kier molecular flexibility index (Phi) is 0.595. The average molecular weight is 182 g/mol. The van der Waals surface area contributed by atoms with Crippen LogP contribution in [0.15, 0.2) is 30.2 Å². The van der Waals surface area contributed by atoms with Crippen LogP contribution in [0.5, 0.6) is 11.5 Å². The molecule has 0 aliphatic rings. The third kappa shape index (κ3) is 1.11. The van der Waals surface area contributed by atoms with Gasteiger partial charge in [0.1, 0.15) is 11.5 Å². The minimum absolute atomic E-state index is 0.475. The van der Waals surface area contributed by atoms with Crippen LogP contribution in [0.2, 0.25) is 0 Å². The standard InChI is InChI=1S/C11H10O2/c1-7-6-10(12)8-4-2-3-5-9(8)11(7)13/h2-6,12-13H,1H3/i1D3,2D,3D,4D,5D,6D. The van der Waals surface area contributed by atoms with Gasteiger partial charge >= 0.3 is 0 Å². The minimum Gasteiger partial charge on any atom is -0.507 e. The Labute approximate surface area is 87.3 Å². The maximum atomic E-state index is 10.1. The van der Waals surface area contributed by atoms with Crippen LogP contribution in [-0.4, -0.2) is 10.2 Å². The molecule has 66 valence electrons. The first-order chi connectivity index (χ1) is 9.50. The van der Waals surface area contributed by atoms with E-state index in [1.165, 1.54) is 0 Å². The van der Waals surface area contributed by atoms with Crippen LogP contribution in [0.4, 0.5) is 0 Å². The van der Waals surface area contributed by atoms with Crippen LogP contribution in [0.3, 0.4) is 0 Å². The van der Waals surface area contributed by atoms with Gasteiger partial charge in [-0.1, -0.05) is 24.2 Å². The van der Waals surface area contributed by atoms with Crippen molar-refractivity contribution in [1.29, 1.82) is 0 Å². The van der Waals surface area contributed by atoms with Gasteiger partial charge < -0.3 is 10.2 Å². The van der Waals surface area contributed by atoms with Gasteiger partial charge in [0.2, 0.25) is 0 Å². The highest BCUT2D eigenvalue weighted by atomic mass is 16.3. The monoisotopic (exact) mass is 182 g/mol.